The maximum Gasteiger partial charge on any atom is 0.129 e. The molecule has 0 bridgehead atoms. The summed E-state index contributed by atoms with van der Waals surface area (Å²) in [7, 11) is 0. The van der Waals surface area contributed by atoms with Crippen molar-refractivity contribution in [3.05, 3.63) is 95.1 Å². The highest BCUT2D eigenvalue weighted by Gasteiger charge is 2.33. The van der Waals surface area contributed by atoms with E-state index in [1.165, 1.54) is 56.9 Å². The van der Waals surface area contributed by atoms with Crippen molar-refractivity contribution >= 4 is 21.5 Å². The molecule has 0 aromatic heterocycles. The lowest BCUT2D eigenvalue weighted by Crippen LogP contribution is -2.59. The van der Waals surface area contributed by atoms with E-state index < -0.39 is 0 Å². The lowest BCUT2D eigenvalue weighted by atomic mass is 10.1. The van der Waals surface area contributed by atoms with Gasteiger partial charge in [-0.25, -0.2) is 0 Å². The van der Waals surface area contributed by atoms with Gasteiger partial charge in [-0.15, -0.1) is 0 Å². The number of rotatable bonds is 15. The summed E-state index contributed by atoms with van der Waals surface area (Å²) in [6.07, 6.45) is 2.38. The molecule has 0 heterocycles. The Hall–Kier alpha value is -2.76. The Kier molecular flexibility index (Phi) is 8.70. The minimum Gasteiger partial charge on any atom is -0.367 e. The molecule has 4 aromatic carbocycles. The van der Waals surface area contributed by atoms with Crippen molar-refractivity contribution in [1.82, 2.24) is 0 Å². The van der Waals surface area contributed by atoms with Crippen LogP contribution in [0.3, 0.4) is 0 Å². The third-order valence-corrected chi connectivity index (χ3v) is 11.1. The molecular formula is C38H50N2O2+2. The van der Waals surface area contributed by atoms with Gasteiger partial charge >= 0.3 is 0 Å². The van der Waals surface area contributed by atoms with Crippen LogP contribution in [0.2, 0.25) is 0 Å². The fourth-order valence-corrected chi connectivity index (χ4v) is 7.83. The predicted octanol–water partition coefficient (Wildman–Crippen LogP) is 7.63. The first-order valence-corrected chi connectivity index (χ1v) is 16.5. The van der Waals surface area contributed by atoms with Gasteiger partial charge in [0.2, 0.25) is 0 Å². The molecule has 0 saturated carbocycles. The SMILES string of the molecule is CC[N+](CC)(CCOC1Cc2cccc3cccc1c23)CC[N+](CC)(CC)CCOC1Cc2cccc3cccc1c23. The molecule has 0 radical (unpaired) electrons. The molecule has 6 rings (SSSR count). The van der Waals surface area contributed by atoms with Crippen LogP contribution in [0.1, 0.15) is 62.2 Å². The Bertz CT molecular complexity index is 1390. The molecule has 2 aliphatic carbocycles. The topological polar surface area (TPSA) is 18.5 Å². The van der Waals surface area contributed by atoms with E-state index in [2.05, 4.69) is 100 Å². The molecular weight excluding hydrogens is 516 g/mol. The molecule has 222 valence electrons. The van der Waals surface area contributed by atoms with Crippen LogP contribution in [0.4, 0.5) is 0 Å². The maximum absolute atomic E-state index is 6.65. The Balaban J connectivity index is 1.04. The van der Waals surface area contributed by atoms with Crippen molar-refractivity contribution in [2.24, 2.45) is 0 Å². The second-order valence-corrected chi connectivity index (χ2v) is 12.7. The molecule has 0 saturated heterocycles. The zero-order valence-electron chi connectivity index (χ0n) is 26.3. The molecule has 4 aromatic rings. The minimum atomic E-state index is 0.188. The zero-order valence-corrected chi connectivity index (χ0v) is 26.3. The van der Waals surface area contributed by atoms with Gasteiger partial charge in [0.05, 0.1) is 51.6 Å². The first-order valence-electron chi connectivity index (χ1n) is 16.5. The highest BCUT2D eigenvalue weighted by Crippen LogP contribution is 2.40. The van der Waals surface area contributed by atoms with Crippen LogP contribution in [0.5, 0.6) is 0 Å². The number of quaternary nitrogens is 2. The van der Waals surface area contributed by atoms with E-state index in [-0.39, 0.29) is 12.2 Å². The summed E-state index contributed by atoms with van der Waals surface area (Å²) >= 11 is 0. The summed E-state index contributed by atoms with van der Waals surface area (Å²) in [5.41, 5.74) is 5.63. The van der Waals surface area contributed by atoms with Crippen molar-refractivity contribution < 1.29 is 18.4 Å². The number of benzene rings is 4. The van der Waals surface area contributed by atoms with Crippen LogP contribution in [-0.2, 0) is 22.3 Å². The molecule has 0 amide bonds. The van der Waals surface area contributed by atoms with E-state index in [0.717, 1.165) is 74.3 Å². The molecule has 0 spiro atoms. The van der Waals surface area contributed by atoms with E-state index in [4.69, 9.17) is 9.47 Å². The van der Waals surface area contributed by atoms with Crippen LogP contribution in [0.25, 0.3) is 21.5 Å². The van der Waals surface area contributed by atoms with E-state index in [0.29, 0.717) is 0 Å². The number of hydrogen-bond donors (Lipinski definition) is 0. The van der Waals surface area contributed by atoms with Crippen molar-refractivity contribution in [1.29, 1.82) is 0 Å². The molecule has 2 unspecified atom stereocenters. The maximum atomic E-state index is 6.65. The second-order valence-electron chi connectivity index (χ2n) is 12.7. The zero-order chi connectivity index (χ0) is 29.2. The summed E-state index contributed by atoms with van der Waals surface area (Å²) in [5.74, 6) is 0. The molecule has 42 heavy (non-hydrogen) atoms. The van der Waals surface area contributed by atoms with Gasteiger partial charge in [-0.3, -0.25) is 0 Å². The number of likely N-dealkylation sites (N-methyl/N-ethyl adjacent to an activating group) is 2. The molecule has 4 heteroatoms. The lowest BCUT2D eigenvalue weighted by molar-refractivity contribution is -0.978. The first-order chi connectivity index (χ1) is 20.5. The van der Waals surface area contributed by atoms with Gasteiger partial charge in [-0.1, -0.05) is 72.8 Å². The van der Waals surface area contributed by atoms with Crippen molar-refractivity contribution in [2.75, 3.05) is 65.6 Å². The minimum absolute atomic E-state index is 0.188. The smallest absolute Gasteiger partial charge is 0.129 e. The quantitative estimate of drug-likeness (QED) is 0.138. The molecule has 0 fully saturated rings. The normalized spacial score (nSPS) is 18.0. The van der Waals surface area contributed by atoms with Crippen LogP contribution >= 0.6 is 0 Å². The van der Waals surface area contributed by atoms with Crippen LogP contribution in [0, 0.1) is 0 Å². The van der Waals surface area contributed by atoms with E-state index in [9.17, 15) is 0 Å². The summed E-state index contributed by atoms with van der Waals surface area (Å²) in [5, 5.41) is 5.53. The number of ether oxygens (including phenoxy) is 2. The fraction of sp³-hybridized carbons (Fsp3) is 0.474. The largest absolute Gasteiger partial charge is 0.367 e. The summed E-state index contributed by atoms with van der Waals surface area (Å²) < 4.78 is 15.5. The van der Waals surface area contributed by atoms with Gasteiger partial charge < -0.3 is 18.4 Å². The fourth-order valence-electron chi connectivity index (χ4n) is 7.83. The van der Waals surface area contributed by atoms with Crippen LogP contribution < -0.4 is 0 Å². The van der Waals surface area contributed by atoms with Gasteiger partial charge in [-0.2, -0.15) is 0 Å². The average Bonchev–Trinajstić information content (AvgIpc) is 3.58. The molecule has 2 aliphatic rings. The Morgan fingerprint density at radius 1 is 0.524 bits per heavy atom. The summed E-state index contributed by atoms with van der Waals surface area (Å²) in [4.78, 5) is 0. The molecule has 4 nitrogen and oxygen atoms in total. The highest BCUT2D eigenvalue weighted by molar-refractivity contribution is 5.92. The summed E-state index contributed by atoms with van der Waals surface area (Å²) in [6.45, 7) is 20.2. The molecule has 0 N–H and O–H groups in total. The Morgan fingerprint density at radius 2 is 0.905 bits per heavy atom. The monoisotopic (exact) mass is 566 g/mol. The van der Waals surface area contributed by atoms with Crippen molar-refractivity contribution in [3.8, 4) is 0 Å². The summed E-state index contributed by atoms with van der Waals surface area (Å²) in [6, 6.07) is 26.7. The number of hydrogen-bond acceptors (Lipinski definition) is 2. The van der Waals surface area contributed by atoms with E-state index in [1.54, 1.807) is 0 Å². The van der Waals surface area contributed by atoms with E-state index >= 15 is 0 Å². The third-order valence-electron chi connectivity index (χ3n) is 11.1. The first kappa shape index (κ1) is 29.3. The highest BCUT2D eigenvalue weighted by atomic mass is 16.5. The second kappa shape index (κ2) is 12.5. The predicted molar refractivity (Wildman–Crippen MR) is 175 cm³/mol. The molecule has 0 aliphatic heterocycles. The van der Waals surface area contributed by atoms with E-state index in [1.807, 2.05) is 0 Å². The average molecular weight is 567 g/mol. The van der Waals surface area contributed by atoms with Gasteiger partial charge in [0.25, 0.3) is 0 Å². The standard InChI is InChI=1S/C38H50N2O2/c1-5-39(6-2,23-25-41-35-27-31-17-9-13-29-15-11-19-33(35)37(29)31)21-22-40(7-3,8-4)24-26-42-36-28-32-18-10-14-30-16-12-20-34(36)38(30)32/h9-20,35-36H,5-8,21-28H2,1-4H3/q+2. The lowest BCUT2D eigenvalue weighted by Gasteiger charge is -2.42. The van der Waals surface area contributed by atoms with Gasteiger partial charge in [0.1, 0.15) is 26.2 Å². The molecule has 2 atom stereocenters. The number of nitrogens with zero attached hydrogens (tertiary/aromatic N) is 2. The van der Waals surface area contributed by atoms with Gasteiger partial charge in [0, 0.05) is 12.8 Å². The van der Waals surface area contributed by atoms with Crippen molar-refractivity contribution in [3.63, 3.8) is 0 Å². The Labute approximate surface area is 253 Å². The van der Waals surface area contributed by atoms with Gasteiger partial charge in [0.15, 0.2) is 0 Å². The van der Waals surface area contributed by atoms with Gasteiger partial charge in [-0.05, 0) is 71.5 Å². The third kappa shape index (κ3) is 5.51. The van der Waals surface area contributed by atoms with Crippen LogP contribution in [-0.4, -0.2) is 74.5 Å². The van der Waals surface area contributed by atoms with Crippen LogP contribution in [0.15, 0.2) is 72.8 Å². The van der Waals surface area contributed by atoms with Crippen molar-refractivity contribution in [2.45, 2.75) is 52.7 Å². The Morgan fingerprint density at radius 3 is 1.29 bits per heavy atom.